The van der Waals surface area contributed by atoms with Gasteiger partial charge in [0.15, 0.2) is 0 Å². The Morgan fingerprint density at radius 2 is 2.20 bits per heavy atom. The van der Waals surface area contributed by atoms with E-state index in [1.807, 2.05) is 19.1 Å². The second-order valence-electron chi connectivity index (χ2n) is 2.05. The van der Waals surface area contributed by atoms with Gasteiger partial charge in [0.1, 0.15) is 0 Å². The quantitative estimate of drug-likeness (QED) is 0.458. The summed E-state index contributed by atoms with van der Waals surface area (Å²) in [6.45, 7) is 1.94. The van der Waals surface area contributed by atoms with Crippen LogP contribution in [0, 0.1) is 12.5 Å². The zero-order valence-electron chi connectivity index (χ0n) is 5.63. The van der Waals surface area contributed by atoms with Gasteiger partial charge in [0.2, 0.25) is 0 Å². The summed E-state index contributed by atoms with van der Waals surface area (Å²) in [5.41, 5.74) is 8.44. The number of nitrogens with one attached hydrogen (secondary N) is 1. The number of aryl methyl sites for hydroxylation is 1. The zero-order valence-corrected chi connectivity index (χ0v) is 6.52. The van der Waals surface area contributed by atoms with E-state index in [0.29, 0.717) is 5.69 Å². The highest BCUT2D eigenvalue weighted by Crippen LogP contribution is 2.25. The van der Waals surface area contributed by atoms with Crippen molar-refractivity contribution in [2.24, 2.45) is 5.11 Å². The molecule has 0 radical (unpaired) electrons. The highest BCUT2D eigenvalue weighted by Gasteiger charge is 1.97. The van der Waals surface area contributed by atoms with Crippen LogP contribution in [0.2, 0.25) is 0 Å². The molecule has 1 N–H and O–H groups in total. The molecule has 10 heavy (non-hydrogen) atoms. The lowest BCUT2D eigenvalue weighted by atomic mass is 10.2. The van der Waals surface area contributed by atoms with Gasteiger partial charge >= 0.3 is 0 Å². The normalized spacial score (nSPS) is 9.40. The van der Waals surface area contributed by atoms with Gasteiger partial charge in [-0.05, 0) is 18.6 Å². The van der Waals surface area contributed by atoms with Gasteiger partial charge in [-0.3, -0.25) is 0 Å². The predicted octanol–water partition coefficient (Wildman–Crippen LogP) is 2.95. The first-order valence-corrected chi connectivity index (χ1v) is 3.36. The number of hydrogen-bond acceptors (Lipinski definition) is 3. The average Bonchev–Trinajstić information content (AvgIpc) is 1.95. The van der Waals surface area contributed by atoms with Crippen molar-refractivity contribution in [3.05, 3.63) is 23.8 Å². The molecule has 1 aromatic carbocycles. The van der Waals surface area contributed by atoms with Crippen molar-refractivity contribution >= 4 is 18.3 Å². The molecular weight excluding hydrogens is 144 g/mol. The van der Waals surface area contributed by atoms with Crippen LogP contribution in [-0.2, 0) is 0 Å². The van der Waals surface area contributed by atoms with Gasteiger partial charge < -0.3 is 0 Å². The minimum Gasteiger partial charge on any atom is -0.204 e. The number of benzene rings is 1. The van der Waals surface area contributed by atoms with Crippen LogP contribution in [0.4, 0.5) is 5.69 Å². The Morgan fingerprint density at radius 3 is 2.70 bits per heavy atom. The Balaban J connectivity index is 3.27. The van der Waals surface area contributed by atoms with Crippen molar-refractivity contribution in [3.63, 3.8) is 0 Å². The van der Waals surface area contributed by atoms with Crippen LogP contribution < -0.4 is 0 Å². The van der Waals surface area contributed by atoms with E-state index in [1.54, 1.807) is 6.07 Å². The average molecular weight is 152 g/mol. The summed E-state index contributed by atoms with van der Waals surface area (Å²) >= 11 is 4.18. The highest BCUT2D eigenvalue weighted by atomic mass is 32.1. The molecule has 0 spiro atoms. The molecule has 0 bridgehead atoms. The summed E-state index contributed by atoms with van der Waals surface area (Å²) in [6.07, 6.45) is 0. The van der Waals surface area contributed by atoms with E-state index in [2.05, 4.69) is 17.7 Å². The zero-order chi connectivity index (χ0) is 7.56. The number of nitrogens with zero attached hydrogens (tertiary/aromatic N) is 1. The van der Waals surface area contributed by atoms with Crippen LogP contribution in [-0.4, -0.2) is 0 Å². The van der Waals surface area contributed by atoms with Crippen LogP contribution in [0.25, 0.3) is 0 Å². The lowest BCUT2D eigenvalue weighted by molar-refractivity contribution is 1.11. The van der Waals surface area contributed by atoms with Crippen LogP contribution in [0.1, 0.15) is 5.56 Å². The van der Waals surface area contributed by atoms with Crippen LogP contribution >= 0.6 is 12.6 Å². The van der Waals surface area contributed by atoms with Crippen molar-refractivity contribution < 1.29 is 0 Å². The molecule has 3 heteroatoms. The number of rotatable bonds is 1. The van der Waals surface area contributed by atoms with Crippen molar-refractivity contribution in [2.45, 2.75) is 11.8 Å². The maximum atomic E-state index is 6.76. The largest absolute Gasteiger partial charge is 0.204 e. The van der Waals surface area contributed by atoms with E-state index >= 15 is 0 Å². The first-order valence-electron chi connectivity index (χ1n) is 2.91. The molecule has 52 valence electrons. The van der Waals surface area contributed by atoms with Gasteiger partial charge in [0.25, 0.3) is 0 Å². The molecule has 0 fully saturated rings. The Bertz CT molecular complexity index is 258. The Hall–Kier alpha value is -0.830. The molecule has 0 aliphatic rings. The predicted molar refractivity (Wildman–Crippen MR) is 43.2 cm³/mol. The molecule has 0 amide bonds. The molecule has 0 saturated carbocycles. The van der Waals surface area contributed by atoms with Crippen molar-refractivity contribution in [2.75, 3.05) is 0 Å². The molecule has 0 unspecified atom stereocenters. The molecule has 0 atom stereocenters. The van der Waals surface area contributed by atoms with Gasteiger partial charge in [-0.25, -0.2) is 5.53 Å². The third-order valence-electron chi connectivity index (χ3n) is 1.34. The molecule has 0 aliphatic carbocycles. The van der Waals surface area contributed by atoms with Crippen molar-refractivity contribution in [1.82, 2.24) is 0 Å². The van der Waals surface area contributed by atoms with Gasteiger partial charge in [0.05, 0.1) is 5.69 Å². The molecule has 2 nitrogen and oxygen atoms in total. The Kier molecular flexibility index (Phi) is 2.06. The third kappa shape index (κ3) is 1.19. The summed E-state index contributed by atoms with van der Waals surface area (Å²) < 4.78 is 0. The SMILES string of the molecule is Cc1cccc(N=N)c1S. The maximum Gasteiger partial charge on any atom is 0.0985 e. The highest BCUT2D eigenvalue weighted by molar-refractivity contribution is 7.80. The summed E-state index contributed by atoms with van der Waals surface area (Å²) in [6, 6.07) is 5.57. The third-order valence-corrected chi connectivity index (χ3v) is 1.92. The summed E-state index contributed by atoms with van der Waals surface area (Å²) in [5.74, 6) is 0. The topological polar surface area (TPSA) is 36.2 Å². The van der Waals surface area contributed by atoms with Crippen molar-refractivity contribution in [3.8, 4) is 0 Å². The first kappa shape index (κ1) is 7.28. The monoisotopic (exact) mass is 152 g/mol. The Labute approximate surface area is 65.2 Å². The second-order valence-corrected chi connectivity index (χ2v) is 2.50. The molecular formula is C7H8N2S. The molecule has 0 aromatic heterocycles. The summed E-state index contributed by atoms with van der Waals surface area (Å²) in [5, 5.41) is 3.30. The number of thiol groups is 1. The van der Waals surface area contributed by atoms with E-state index in [0.717, 1.165) is 10.5 Å². The smallest absolute Gasteiger partial charge is 0.0985 e. The fourth-order valence-corrected chi connectivity index (χ4v) is 0.933. The molecule has 0 aliphatic heterocycles. The van der Waals surface area contributed by atoms with Gasteiger partial charge in [-0.2, -0.15) is 5.11 Å². The molecule has 0 saturated heterocycles. The minimum atomic E-state index is 0.628. The van der Waals surface area contributed by atoms with Gasteiger partial charge in [0, 0.05) is 4.90 Å². The van der Waals surface area contributed by atoms with E-state index < -0.39 is 0 Å². The van der Waals surface area contributed by atoms with E-state index in [4.69, 9.17) is 5.53 Å². The van der Waals surface area contributed by atoms with E-state index in [9.17, 15) is 0 Å². The Morgan fingerprint density at radius 1 is 1.50 bits per heavy atom. The van der Waals surface area contributed by atoms with Gasteiger partial charge in [-0.15, -0.1) is 12.6 Å². The lowest BCUT2D eigenvalue weighted by Gasteiger charge is -1.98. The number of hydrogen-bond donors (Lipinski definition) is 2. The van der Waals surface area contributed by atoms with Crippen LogP contribution in [0.5, 0.6) is 0 Å². The van der Waals surface area contributed by atoms with Crippen LogP contribution in [0.15, 0.2) is 28.2 Å². The van der Waals surface area contributed by atoms with E-state index in [1.165, 1.54) is 0 Å². The van der Waals surface area contributed by atoms with Gasteiger partial charge in [-0.1, -0.05) is 12.1 Å². The molecule has 0 heterocycles. The fourth-order valence-electron chi connectivity index (χ4n) is 0.734. The minimum absolute atomic E-state index is 0.628. The fraction of sp³-hybridized carbons (Fsp3) is 0.143. The van der Waals surface area contributed by atoms with E-state index in [-0.39, 0.29) is 0 Å². The lowest BCUT2D eigenvalue weighted by Crippen LogP contribution is -1.74. The standard InChI is InChI=1S/C7H8N2S/c1-5-3-2-4-6(9-8)7(5)10/h2-4,8,10H,1H3. The first-order chi connectivity index (χ1) is 4.75. The summed E-state index contributed by atoms with van der Waals surface area (Å²) in [4.78, 5) is 0.789. The van der Waals surface area contributed by atoms with Crippen molar-refractivity contribution in [1.29, 1.82) is 5.53 Å². The molecule has 1 aromatic rings. The summed E-state index contributed by atoms with van der Waals surface area (Å²) in [7, 11) is 0. The van der Waals surface area contributed by atoms with Crippen LogP contribution in [0.3, 0.4) is 0 Å². The molecule has 1 rings (SSSR count). The second kappa shape index (κ2) is 2.84. The maximum absolute atomic E-state index is 6.76.